The quantitative estimate of drug-likeness (QED) is 0.312. The summed E-state index contributed by atoms with van der Waals surface area (Å²) in [4.78, 5) is -0.324. The zero-order chi connectivity index (χ0) is 21.6. The van der Waals surface area contributed by atoms with Crippen molar-refractivity contribution in [2.45, 2.75) is 4.90 Å². The second-order valence-corrected chi connectivity index (χ2v) is 7.28. The molecule has 9 nitrogen and oxygen atoms in total. The number of hydrogen-bond donors (Lipinski definition) is 0. The molecule has 0 aliphatic rings. The number of rotatable bonds is 7. The van der Waals surface area contributed by atoms with Gasteiger partial charge in [0.2, 0.25) is 0 Å². The van der Waals surface area contributed by atoms with E-state index in [-0.39, 0.29) is 34.5 Å². The van der Waals surface area contributed by atoms with Gasteiger partial charge in [0.1, 0.15) is 27.3 Å². The zero-order valence-electron chi connectivity index (χ0n) is 17.1. The molecule has 0 aliphatic carbocycles. The first-order valence-corrected chi connectivity index (χ1v) is 10.0. The molecule has 0 spiro atoms. The summed E-state index contributed by atoms with van der Waals surface area (Å²) in [6.45, 7) is 0. The predicted octanol–water partition coefficient (Wildman–Crippen LogP) is 2.44. The average Bonchev–Trinajstić information content (AvgIpc) is 2.76. The van der Waals surface area contributed by atoms with Crippen LogP contribution in [0.25, 0.3) is 0 Å². The third-order valence-electron chi connectivity index (χ3n) is 3.92. The summed E-state index contributed by atoms with van der Waals surface area (Å²) in [6.07, 6.45) is 0. The summed E-state index contributed by atoms with van der Waals surface area (Å²) in [5.41, 5.74) is 2.06. The Hall–Kier alpha value is -2.63. The van der Waals surface area contributed by atoms with Gasteiger partial charge in [-0.3, -0.25) is 0 Å². The summed E-state index contributed by atoms with van der Waals surface area (Å²) in [7, 11) is -1.40. The molecule has 0 atom stereocenters. The van der Waals surface area contributed by atoms with E-state index in [2.05, 4.69) is 20.5 Å². The molecule has 0 fully saturated rings. The molecule has 0 N–H and O–H groups in total. The van der Waals surface area contributed by atoms with Crippen molar-refractivity contribution in [2.24, 2.45) is 20.5 Å². The van der Waals surface area contributed by atoms with Crippen LogP contribution in [0.5, 0.6) is 11.5 Å². The molecule has 0 radical (unpaired) electrons. The zero-order valence-corrected chi connectivity index (χ0v) is 19.9. The van der Waals surface area contributed by atoms with Crippen LogP contribution < -0.4 is 39.0 Å². The van der Waals surface area contributed by atoms with Crippen molar-refractivity contribution in [3.05, 3.63) is 66.7 Å². The third kappa shape index (κ3) is 6.94. The number of hydrogen-bond acceptors (Lipinski definition) is 9. The van der Waals surface area contributed by atoms with Crippen molar-refractivity contribution in [3.63, 3.8) is 0 Å². The molecule has 31 heavy (non-hydrogen) atoms. The van der Waals surface area contributed by atoms with E-state index in [1.807, 2.05) is 0 Å². The van der Waals surface area contributed by atoms with Crippen LogP contribution in [-0.2, 0) is 10.1 Å². The van der Waals surface area contributed by atoms with E-state index in [0.717, 1.165) is 5.75 Å². The Morgan fingerprint density at radius 2 is 1.23 bits per heavy atom. The van der Waals surface area contributed by atoms with E-state index >= 15 is 0 Å². The van der Waals surface area contributed by atoms with Crippen LogP contribution in [-0.4, -0.2) is 27.2 Å². The first kappa shape index (κ1) is 24.6. The van der Waals surface area contributed by atoms with Crippen LogP contribution >= 0.6 is 0 Å². The fraction of sp³-hybridized carbons (Fsp3) is 0.100. The van der Waals surface area contributed by atoms with E-state index in [4.69, 9.17) is 9.47 Å². The second kappa shape index (κ2) is 11.1. The van der Waals surface area contributed by atoms with E-state index < -0.39 is 10.1 Å². The van der Waals surface area contributed by atoms with Gasteiger partial charge in [-0.2, -0.15) is 15.3 Å². The monoisotopic (exact) mass is 448 g/mol. The van der Waals surface area contributed by atoms with Crippen LogP contribution in [0.3, 0.4) is 0 Å². The predicted molar refractivity (Wildman–Crippen MR) is 109 cm³/mol. The molecule has 0 unspecified atom stereocenters. The molecule has 0 saturated heterocycles. The van der Waals surface area contributed by atoms with Crippen molar-refractivity contribution >= 4 is 32.9 Å². The van der Waals surface area contributed by atoms with E-state index in [1.165, 1.54) is 31.4 Å². The average molecular weight is 448 g/mol. The topological polar surface area (TPSA) is 125 Å². The maximum Gasteiger partial charge on any atom is 1.00 e. The van der Waals surface area contributed by atoms with Gasteiger partial charge >= 0.3 is 29.6 Å². The van der Waals surface area contributed by atoms with Crippen molar-refractivity contribution in [3.8, 4) is 11.5 Å². The molecule has 0 aromatic heterocycles. The van der Waals surface area contributed by atoms with Gasteiger partial charge < -0.3 is 14.0 Å². The molecule has 0 amide bonds. The molecule has 3 rings (SSSR count). The fourth-order valence-corrected chi connectivity index (χ4v) is 2.84. The van der Waals surface area contributed by atoms with Gasteiger partial charge in [0.15, 0.2) is 0 Å². The number of nitrogens with zero attached hydrogens (tertiary/aromatic N) is 4. The standard InChI is InChI=1S/C20H18N4O5S.Na/c1-28-17-8-3-14(4-9-17)22-24-19-12-7-16(13-20(19)29-2)23-21-15-5-10-18(11-6-15)30(25,26)27;/h3-13H,1-2H3,(H,25,26,27);/q;+1/p-1. The van der Waals surface area contributed by atoms with Crippen molar-refractivity contribution in [2.75, 3.05) is 14.2 Å². The Morgan fingerprint density at radius 3 is 1.77 bits per heavy atom. The number of benzene rings is 3. The maximum atomic E-state index is 11.0. The Labute approximate surface area is 201 Å². The molecule has 0 saturated carbocycles. The molecular formula is C20H17N4NaO5S. The van der Waals surface area contributed by atoms with Crippen LogP contribution in [0.15, 0.2) is 92.1 Å². The number of azo groups is 2. The Morgan fingerprint density at radius 1 is 0.710 bits per heavy atom. The van der Waals surface area contributed by atoms with Crippen LogP contribution in [0, 0.1) is 0 Å². The van der Waals surface area contributed by atoms with Crippen molar-refractivity contribution < 1.29 is 52.0 Å². The summed E-state index contributed by atoms with van der Waals surface area (Å²) in [5, 5.41) is 16.5. The molecule has 0 aliphatic heterocycles. The summed E-state index contributed by atoms with van der Waals surface area (Å²) in [6, 6.07) is 17.3. The minimum absolute atomic E-state index is 0. The molecule has 154 valence electrons. The molecular weight excluding hydrogens is 431 g/mol. The molecule has 0 heterocycles. The minimum Gasteiger partial charge on any atom is -0.744 e. The van der Waals surface area contributed by atoms with Gasteiger partial charge in [-0.05, 0) is 60.7 Å². The first-order valence-electron chi connectivity index (χ1n) is 8.60. The Balaban J connectivity index is 0.00000341. The number of methoxy groups -OCH3 is 2. The van der Waals surface area contributed by atoms with E-state index in [9.17, 15) is 13.0 Å². The summed E-state index contributed by atoms with van der Waals surface area (Å²) < 4.78 is 43.3. The van der Waals surface area contributed by atoms with Gasteiger partial charge in [-0.1, -0.05) is 0 Å². The summed E-state index contributed by atoms with van der Waals surface area (Å²) in [5.74, 6) is 1.18. The Kier molecular flexibility index (Phi) is 8.84. The van der Waals surface area contributed by atoms with Gasteiger partial charge in [0, 0.05) is 6.07 Å². The minimum atomic E-state index is -4.49. The molecule has 3 aromatic rings. The van der Waals surface area contributed by atoms with Gasteiger partial charge in [0.25, 0.3) is 0 Å². The van der Waals surface area contributed by atoms with Crippen LogP contribution in [0.1, 0.15) is 0 Å². The van der Waals surface area contributed by atoms with E-state index in [0.29, 0.717) is 28.5 Å². The van der Waals surface area contributed by atoms with Crippen molar-refractivity contribution in [1.82, 2.24) is 0 Å². The van der Waals surface area contributed by atoms with Crippen molar-refractivity contribution in [1.29, 1.82) is 0 Å². The van der Waals surface area contributed by atoms with Crippen LogP contribution in [0.2, 0.25) is 0 Å². The smallest absolute Gasteiger partial charge is 0.744 e. The van der Waals surface area contributed by atoms with E-state index in [1.54, 1.807) is 49.6 Å². The van der Waals surface area contributed by atoms with Crippen LogP contribution in [0.4, 0.5) is 22.7 Å². The molecule has 11 heteroatoms. The summed E-state index contributed by atoms with van der Waals surface area (Å²) >= 11 is 0. The largest absolute Gasteiger partial charge is 1.00 e. The second-order valence-electron chi connectivity index (χ2n) is 5.90. The Bertz CT molecular complexity index is 1180. The molecule has 3 aromatic carbocycles. The number of ether oxygens (including phenoxy) is 2. The first-order chi connectivity index (χ1) is 14.4. The third-order valence-corrected chi connectivity index (χ3v) is 4.76. The van der Waals surface area contributed by atoms with Gasteiger partial charge in [0.05, 0.1) is 36.2 Å². The fourth-order valence-electron chi connectivity index (χ4n) is 2.37. The van der Waals surface area contributed by atoms with Gasteiger partial charge in [-0.25, -0.2) is 8.42 Å². The SMILES string of the molecule is COc1ccc(N=Nc2ccc(N=Nc3ccc(S(=O)(=O)[O-])cc3)cc2OC)cc1.[Na+]. The normalized spacial score (nSPS) is 11.5. The van der Waals surface area contributed by atoms with Gasteiger partial charge in [-0.15, -0.1) is 5.11 Å². The molecule has 0 bridgehead atoms. The maximum absolute atomic E-state index is 11.0.